The standard InChI is InChI=1S/C18H21N5O2/c1-11(2)9-16(18(25)23(3)10-19)22-17(24)15-8-7-12-13(20)5-4-6-14(12)21-15/h4-8,11,16H,9,20H2,1-3H3,(H,22,24). The summed E-state index contributed by atoms with van der Waals surface area (Å²) in [4.78, 5) is 30.0. The van der Waals surface area contributed by atoms with Crippen LogP contribution in [0, 0.1) is 17.4 Å². The van der Waals surface area contributed by atoms with Crippen molar-refractivity contribution >= 4 is 28.4 Å². The molecule has 1 aromatic heterocycles. The molecule has 7 nitrogen and oxygen atoms in total. The van der Waals surface area contributed by atoms with Crippen molar-refractivity contribution in [3.05, 3.63) is 36.0 Å². The van der Waals surface area contributed by atoms with Crippen LogP contribution in [-0.2, 0) is 4.79 Å². The third-order valence-electron chi connectivity index (χ3n) is 3.79. The average Bonchev–Trinajstić information content (AvgIpc) is 2.59. The molecule has 0 bridgehead atoms. The van der Waals surface area contributed by atoms with E-state index in [9.17, 15) is 9.59 Å². The Bertz CT molecular complexity index is 841. The lowest BCUT2D eigenvalue weighted by molar-refractivity contribution is -0.129. The largest absolute Gasteiger partial charge is 0.398 e. The second-order valence-corrected chi connectivity index (χ2v) is 6.26. The number of benzene rings is 1. The number of aromatic nitrogens is 1. The van der Waals surface area contributed by atoms with Crippen molar-refractivity contribution < 1.29 is 9.59 Å². The highest BCUT2D eigenvalue weighted by atomic mass is 16.2. The molecule has 1 aromatic carbocycles. The van der Waals surface area contributed by atoms with Crippen molar-refractivity contribution in [3.8, 4) is 6.19 Å². The lowest BCUT2D eigenvalue weighted by atomic mass is 10.0. The Hall–Kier alpha value is -3.14. The first-order valence-corrected chi connectivity index (χ1v) is 7.97. The quantitative estimate of drug-likeness (QED) is 0.491. The van der Waals surface area contributed by atoms with Crippen LogP contribution in [0.25, 0.3) is 10.9 Å². The monoisotopic (exact) mass is 339 g/mol. The molecule has 1 heterocycles. The van der Waals surface area contributed by atoms with Gasteiger partial charge in [-0.15, -0.1) is 0 Å². The van der Waals surface area contributed by atoms with E-state index in [-0.39, 0.29) is 11.6 Å². The Morgan fingerprint density at radius 2 is 2.04 bits per heavy atom. The predicted molar refractivity (Wildman–Crippen MR) is 95.2 cm³/mol. The second kappa shape index (κ2) is 7.62. The smallest absolute Gasteiger partial charge is 0.270 e. The molecular weight excluding hydrogens is 318 g/mol. The summed E-state index contributed by atoms with van der Waals surface area (Å²) in [7, 11) is 1.37. The molecule has 1 unspecified atom stereocenters. The van der Waals surface area contributed by atoms with E-state index in [4.69, 9.17) is 11.0 Å². The summed E-state index contributed by atoms with van der Waals surface area (Å²) in [6.45, 7) is 3.88. The van der Waals surface area contributed by atoms with Crippen LogP contribution in [0.1, 0.15) is 30.8 Å². The summed E-state index contributed by atoms with van der Waals surface area (Å²) in [5, 5.41) is 12.3. The Labute approximate surface area is 146 Å². The van der Waals surface area contributed by atoms with Crippen LogP contribution in [-0.4, -0.2) is 34.8 Å². The average molecular weight is 339 g/mol. The maximum absolute atomic E-state index is 12.5. The van der Waals surface area contributed by atoms with Gasteiger partial charge in [0.1, 0.15) is 11.7 Å². The third-order valence-corrected chi connectivity index (χ3v) is 3.79. The van der Waals surface area contributed by atoms with Crippen LogP contribution >= 0.6 is 0 Å². The molecule has 2 rings (SSSR count). The van der Waals surface area contributed by atoms with E-state index >= 15 is 0 Å². The summed E-state index contributed by atoms with van der Waals surface area (Å²) in [5.41, 5.74) is 7.27. The van der Waals surface area contributed by atoms with Gasteiger partial charge in [0, 0.05) is 18.1 Å². The van der Waals surface area contributed by atoms with Gasteiger partial charge in [-0.05, 0) is 36.6 Å². The van der Waals surface area contributed by atoms with E-state index in [1.54, 1.807) is 36.5 Å². The highest BCUT2D eigenvalue weighted by Gasteiger charge is 2.26. The van der Waals surface area contributed by atoms with Gasteiger partial charge in [-0.3, -0.25) is 14.5 Å². The number of rotatable bonds is 5. The topological polar surface area (TPSA) is 112 Å². The van der Waals surface area contributed by atoms with Crippen LogP contribution < -0.4 is 11.1 Å². The molecule has 3 N–H and O–H groups in total. The number of nitrogens with two attached hydrogens (primary N) is 1. The Morgan fingerprint density at radius 3 is 2.68 bits per heavy atom. The number of anilines is 1. The summed E-state index contributed by atoms with van der Waals surface area (Å²) in [5.74, 6) is -0.741. The first-order valence-electron chi connectivity index (χ1n) is 7.97. The normalized spacial score (nSPS) is 11.8. The maximum Gasteiger partial charge on any atom is 0.270 e. The maximum atomic E-state index is 12.5. The molecule has 0 aliphatic carbocycles. The number of amides is 2. The molecule has 0 saturated heterocycles. The highest BCUT2D eigenvalue weighted by Crippen LogP contribution is 2.19. The van der Waals surface area contributed by atoms with E-state index in [1.165, 1.54) is 7.05 Å². The molecule has 1 atom stereocenters. The fourth-order valence-corrected chi connectivity index (χ4v) is 2.51. The van der Waals surface area contributed by atoms with Gasteiger partial charge in [-0.1, -0.05) is 19.9 Å². The van der Waals surface area contributed by atoms with Crippen molar-refractivity contribution in [2.75, 3.05) is 12.8 Å². The van der Waals surface area contributed by atoms with Crippen LogP contribution in [0.4, 0.5) is 5.69 Å². The lowest BCUT2D eigenvalue weighted by Gasteiger charge is -2.21. The number of nitriles is 1. The fraction of sp³-hybridized carbons (Fsp3) is 0.333. The van der Waals surface area contributed by atoms with Gasteiger partial charge in [0.2, 0.25) is 0 Å². The van der Waals surface area contributed by atoms with Crippen molar-refractivity contribution in [2.24, 2.45) is 5.92 Å². The molecule has 2 aromatic rings. The number of nitrogen functional groups attached to an aromatic ring is 1. The zero-order valence-corrected chi connectivity index (χ0v) is 14.5. The van der Waals surface area contributed by atoms with Crippen molar-refractivity contribution in [1.29, 1.82) is 5.26 Å². The molecule has 2 amide bonds. The van der Waals surface area contributed by atoms with E-state index in [0.29, 0.717) is 17.6 Å². The van der Waals surface area contributed by atoms with Gasteiger partial charge < -0.3 is 11.1 Å². The molecule has 0 spiro atoms. The fourth-order valence-electron chi connectivity index (χ4n) is 2.51. The predicted octanol–water partition coefficient (Wildman–Crippen LogP) is 1.90. The highest BCUT2D eigenvalue weighted by molar-refractivity contribution is 5.99. The lowest BCUT2D eigenvalue weighted by Crippen LogP contribution is -2.46. The molecule has 0 radical (unpaired) electrons. The van der Waals surface area contributed by atoms with Crippen LogP contribution in [0.5, 0.6) is 0 Å². The minimum Gasteiger partial charge on any atom is -0.398 e. The number of carbonyl (C=O) groups excluding carboxylic acids is 2. The van der Waals surface area contributed by atoms with Crippen molar-refractivity contribution in [2.45, 2.75) is 26.3 Å². The molecule has 25 heavy (non-hydrogen) atoms. The summed E-state index contributed by atoms with van der Waals surface area (Å²) >= 11 is 0. The molecule has 0 saturated carbocycles. The number of nitrogens with one attached hydrogen (secondary N) is 1. The van der Waals surface area contributed by atoms with Crippen LogP contribution in [0.2, 0.25) is 0 Å². The first-order chi connectivity index (χ1) is 11.8. The number of hydrogen-bond donors (Lipinski definition) is 2. The summed E-state index contributed by atoms with van der Waals surface area (Å²) in [6, 6.07) is 7.81. The molecule has 130 valence electrons. The number of likely N-dealkylation sites (N-methyl/N-ethyl adjacent to an activating group) is 1. The number of carbonyl (C=O) groups is 2. The zero-order valence-electron chi connectivity index (χ0n) is 14.5. The molecular formula is C18H21N5O2. The van der Waals surface area contributed by atoms with Gasteiger partial charge >= 0.3 is 0 Å². The number of hydrogen-bond acceptors (Lipinski definition) is 5. The third kappa shape index (κ3) is 4.23. The number of nitrogens with zero attached hydrogens (tertiary/aromatic N) is 3. The minimum absolute atomic E-state index is 0.172. The van der Waals surface area contributed by atoms with Gasteiger partial charge in [-0.25, -0.2) is 4.98 Å². The Morgan fingerprint density at radius 1 is 1.32 bits per heavy atom. The summed E-state index contributed by atoms with van der Waals surface area (Å²) in [6.07, 6.45) is 2.19. The molecule has 0 fully saturated rings. The number of pyridine rings is 1. The van der Waals surface area contributed by atoms with Crippen molar-refractivity contribution in [1.82, 2.24) is 15.2 Å². The van der Waals surface area contributed by atoms with Crippen LogP contribution in [0.15, 0.2) is 30.3 Å². The van der Waals surface area contributed by atoms with E-state index in [0.717, 1.165) is 10.3 Å². The summed E-state index contributed by atoms with van der Waals surface area (Å²) < 4.78 is 0. The second-order valence-electron chi connectivity index (χ2n) is 6.26. The van der Waals surface area contributed by atoms with Gasteiger partial charge in [0.05, 0.1) is 5.52 Å². The molecule has 7 heteroatoms. The van der Waals surface area contributed by atoms with E-state index in [1.807, 2.05) is 13.8 Å². The Kier molecular flexibility index (Phi) is 5.55. The van der Waals surface area contributed by atoms with Crippen molar-refractivity contribution in [3.63, 3.8) is 0 Å². The van der Waals surface area contributed by atoms with Gasteiger partial charge in [0.25, 0.3) is 11.8 Å². The van der Waals surface area contributed by atoms with Gasteiger partial charge in [-0.2, -0.15) is 5.26 Å². The van der Waals surface area contributed by atoms with Gasteiger partial charge in [0.15, 0.2) is 6.19 Å². The SMILES string of the molecule is CC(C)CC(NC(=O)c1ccc2c(N)cccc2n1)C(=O)N(C)C#N. The molecule has 0 aliphatic rings. The first kappa shape index (κ1) is 18.2. The van der Waals surface area contributed by atoms with E-state index < -0.39 is 17.9 Å². The zero-order chi connectivity index (χ0) is 18.6. The number of fused-ring (bicyclic) bond motifs is 1. The van der Waals surface area contributed by atoms with E-state index in [2.05, 4.69) is 10.3 Å². The van der Waals surface area contributed by atoms with Crippen LogP contribution in [0.3, 0.4) is 0 Å². The molecule has 0 aliphatic heterocycles. The minimum atomic E-state index is -0.782. The Balaban J connectivity index is 2.25.